The summed E-state index contributed by atoms with van der Waals surface area (Å²) in [7, 11) is 4.13. The fraction of sp³-hybridized carbons (Fsp3) is 0.238. The van der Waals surface area contributed by atoms with Crippen molar-refractivity contribution in [1.29, 1.82) is 5.26 Å². The number of hydrogen-bond acceptors (Lipinski definition) is 5. The summed E-state index contributed by atoms with van der Waals surface area (Å²) >= 11 is 6.15. The summed E-state index contributed by atoms with van der Waals surface area (Å²) in [5, 5.41) is 13.1. The number of ether oxygens (including phenoxy) is 1. The van der Waals surface area contributed by atoms with E-state index in [1.165, 1.54) is 4.90 Å². The Kier molecular flexibility index (Phi) is 6.53. The molecule has 0 unspecified atom stereocenters. The lowest BCUT2D eigenvalue weighted by atomic mass is 10.2. The zero-order chi connectivity index (χ0) is 19.9. The van der Waals surface area contributed by atoms with Gasteiger partial charge in [-0.05, 0) is 30.3 Å². The van der Waals surface area contributed by atoms with Gasteiger partial charge in [0.2, 0.25) is 17.5 Å². The standard InChI is InChI=1S/C21H21ClN4O2/c1-26(2)12-11-24-21-19(13-23)25-20(28-21)15-7-9-17(10-8-15)27-14-16-5-3-4-6-18(16)22/h3-10,24H,11-12,14H2,1-2H3/p+1. The Morgan fingerprint density at radius 3 is 2.61 bits per heavy atom. The lowest BCUT2D eigenvalue weighted by molar-refractivity contribution is -0.856. The molecule has 0 radical (unpaired) electrons. The first-order chi connectivity index (χ1) is 13.6. The fourth-order valence-electron chi connectivity index (χ4n) is 2.54. The number of hydrogen-bond donors (Lipinski definition) is 2. The highest BCUT2D eigenvalue weighted by Crippen LogP contribution is 2.27. The van der Waals surface area contributed by atoms with Gasteiger partial charge in [0.25, 0.3) is 0 Å². The van der Waals surface area contributed by atoms with E-state index in [0.717, 1.165) is 17.7 Å². The Bertz CT molecular complexity index is 961. The van der Waals surface area contributed by atoms with E-state index in [1.54, 1.807) is 0 Å². The summed E-state index contributed by atoms with van der Waals surface area (Å²) in [6.07, 6.45) is 0. The number of benzene rings is 2. The molecule has 0 amide bonds. The number of rotatable bonds is 8. The molecule has 28 heavy (non-hydrogen) atoms. The van der Waals surface area contributed by atoms with Crippen LogP contribution in [0.25, 0.3) is 11.5 Å². The van der Waals surface area contributed by atoms with Crippen LogP contribution in [0.15, 0.2) is 52.9 Å². The number of halogens is 1. The molecule has 0 fully saturated rings. The van der Waals surface area contributed by atoms with Gasteiger partial charge in [0.1, 0.15) is 18.4 Å². The second-order valence-corrected chi connectivity index (χ2v) is 7.00. The highest BCUT2D eigenvalue weighted by atomic mass is 35.5. The average molecular weight is 398 g/mol. The molecule has 0 aliphatic carbocycles. The van der Waals surface area contributed by atoms with Crippen molar-refractivity contribution >= 4 is 17.5 Å². The lowest BCUT2D eigenvalue weighted by Crippen LogP contribution is -3.06. The van der Waals surface area contributed by atoms with Gasteiger partial charge in [-0.2, -0.15) is 10.2 Å². The van der Waals surface area contributed by atoms with Crippen molar-refractivity contribution in [3.8, 4) is 23.3 Å². The summed E-state index contributed by atoms with van der Waals surface area (Å²) in [5.41, 5.74) is 1.95. The minimum absolute atomic E-state index is 0.253. The van der Waals surface area contributed by atoms with E-state index in [9.17, 15) is 5.26 Å². The predicted octanol–water partition coefficient (Wildman–Crippen LogP) is 3.00. The van der Waals surface area contributed by atoms with Crippen LogP contribution in [0, 0.1) is 11.3 Å². The van der Waals surface area contributed by atoms with Crippen molar-refractivity contribution in [1.82, 2.24) is 4.98 Å². The van der Waals surface area contributed by atoms with E-state index in [2.05, 4.69) is 30.5 Å². The van der Waals surface area contributed by atoms with Gasteiger partial charge in [0, 0.05) is 16.1 Å². The second-order valence-electron chi connectivity index (χ2n) is 6.60. The predicted molar refractivity (Wildman–Crippen MR) is 109 cm³/mol. The van der Waals surface area contributed by atoms with Crippen LogP contribution in [0.3, 0.4) is 0 Å². The molecule has 3 aromatic rings. The third-order valence-electron chi connectivity index (χ3n) is 4.10. The molecular formula is C21H22ClN4O2+. The minimum atomic E-state index is 0.253. The van der Waals surface area contributed by atoms with Crippen molar-refractivity contribution in [3.05, 3.63) is 64.8 Å². The Morgan fingerprint density at radius 2 is 1.93 bits per heavy atom. The van der Waals surface area contributed by atoms with Crippen LogP contribution in [0.1, 0.15) is 11.3 Å². The molecule has 0 saturated carbocycles. The van der Waals surface area contributed by atoms with Gasteiger partial charge in [-0.15, -0.1) is 0 Å². The molecule has 0 atom stereocenters. The first kappa shape index (κ1) is 19.7. The summed E-state index contributed by atoms with van der Waals surface area (Å²) in [4.78, 5) is 5.58. The van der Waals surface area contributed by atoms with E-state index in [4.69, 9.17) is 20.8 Å². The van der Waals surface area contributed by atoms with Gasteiger partial charge >= 0.3 is 0 Å². The first-order valence-corrected chi connectivity index (χ1v) is 9.35. The van der Waals surface area contributed by atoms with Crippen LogP contribution in [0.4, 0.5) is 5.88 Å². The molecule has 6 nitrogen and oxygen atoms in total. The molecule has 1 heterocycles. The van der Waals surface area contributed by atoms with E-state index in [-0.39, 0.29) is 5.69 Å². The van der Waals surface area contributed by atoms with Gasteiger partial charge < -0.3 is 19.4 Å². The molecule has 2 N–H and O–H groups in total. The molecular weight excluding hydrogens is 376 g/mol. The molecule has 0 spiro atoms. The number of likely N-dealkylation sites (N-methyl/N-ethyl adjacent to an activating group) is 1. The second kappa shape index (κ2) is 9.27. The fourth-order valence-corrected chi connectivity index (χ4v) is 2.73. The van der Waals surface area contributed by atoms with E-state index in [0.29, 0.717) is 35.7 Å². The Morgan fingerprint density at radius 1 is 1.18 bits per heavy atom. The summed E-state index contributed by atoms with van der Waals surface area (Å²) in [5.74, 6) is 1.51. The van der Waals surface area contributed by atoms with Gasteiger partial charge in [0.05, 0.1) is 27.2 Å². The van der Waals surface area contributed by atoms with Crippen LogP contribution >= 0.6 is 11.6 Å². The highest BCUT2D eigenvalue weighted by molar-refractivity contribution is 6.31. The maximum atomic E-state index is 9.28. The number of nitrogens with one attached hydrogen (secondary N) is 2. The van der Waals surface area contributed by atoms with Crippen LogP contribution in [-0.4, -0.2) is 32.2 Å². The van der Waals surface area contributed by atoms with Crippen molar-refractivity contribution in [3.63, 3.8) is 0 Å². The molecule has 0 aliphatic rings. The third-order valence-corrected chi connectivity index (χ3v) is 4.47. The molecule has 144 valence electrons. The van der Waals surface area contributed by atoms with Crippen molar-refractivity contribution < 1.29 is 14.1 Å². The third kappa shape index (κ3) is 5.03. The Balaban J connectivity index is 1.67. The molecule has 1 aromatic heterocycles. The summed E-state index contributed by atoms with van der Waals surface area (Å²) in [6, 6.07) is 17.0. The van der Waals surface area contributed by atoms with Gasteiger partial charge in [-0.1, -0.05) is 29.8 Å². The van der Waals surface area contributed by atoms with Crippen LogP contribution < -0.4 is 15.0 Å². The zero-order valence-electron chi connectivity index (χ0n) is 15.8. The van der Waals surface area contributed by atoms with Gasteiger partial charge in [-0.25, -0.2) is 0 Å². The Labute approximate surface area is 169 Å². The number of oxazole rings is 1. The molecule has 0 bridgehead atoms. The van der Waals surface area contributed by atoms with Crippen molar-refractivity contribution in [2.75, 3.05) is 32.5 Å². The van der Waals surface area contributed by atoms with Gasteiger partial charge in [-0.3, -0.25) is 0 Å². The maximum absolute atomic E-state index is 9.28. The molecule has 0 aliphatic heterocycles. The van der Waals surface area contributed by atoms with Crippen molar-refractivity contribution in [2.45, 2.75) is 6.61 Å². The summed E-state index contributed by atoms with van der Waals surface area (Å²) < 4.78 is 11.5. The largest absolute Gasteiger partial charge is 0.489 e. The lowest BCUT2D eigenvalue weighted by Gasteiger charge is -2.08. The molecule has 7 heteroatoms. The normalized spacial score (nSPS) is 10.7. The average Bonchev–Trinajstić information content (AvgIpc) is 3.11. The minimum Gasteiger partial charge on any atom is -0.489 e. The van der Waals surface area contributed by atoms with Crippen LogP contribution in [0.5, 0.6) is 5.75 Å². The smallest absolute Gasteiger partial charge is 0.232 e. The molecule has 0 saturated heterocycles. The van der Waals surface area contributed by atoms with Crippen molar-refractivity contribution in [2.24, 2.45) is 0 Å². The zero-order valence-corrected chi connectivity index (χ0v) is 16.6. The SMILES string of the molecule is C[NH+](C)CCNc1oc(-c2ccc(OCc3ccccc3Cl)cc2)nc1C#N. The van der Waals surface area contributed by atoms with E-state index in [1.807, 2.05) is 48.5 Å². The number of nitriles is 1. The molecule has 3 rings (SSSR count). The molecule has 2 aromatic carbocycles. The quantitative estimate of drug-likeness (QED) is 0.611. The number of anilines is 1. The topological polar surface area (TPSA) is 75.5 Å². The van der Waals surface area contributed by atoms with E-state index >= 15 is 0 Å². The highest BCUT2D eigenvalue weighted by Gasteiger charge is 2.14. The Hall–Kier alpha value is -3.01. The first-order valence-electron chi connectivity index (χ1n) is 8.97. The number of quaternary nitrogens is 1. The monoisotopic (exact) mass is 397 g/mol. The number of nitrogens with zero attached hydrogens (tertiary/aromatic N) is 2. The van der Waals surface area contributed by atoms with Crippen LogP contribution in [-0.2, 0) is 6.61 Å². The van der Waals surface area contributed by atoms with E-state index < -0.39 is 0 Å². The summed E-state index contributed by atoms with van der Waals surface area (Å²) in [6.45, 7) is 1.98. The van der Waals surface area contributed by atoms with Crippen LogP contribution in [0.2, 0.25) is 5.02 Å². The maximum Gasteiger partial charge on any atom is 0.232 e. The van der Waals surface area contributed by atoms with Gasteiger partial charge in [0.15, 0.2) is 0 Å². The number of aromatic nitrogens is 1.